The number of amides is 1. The molecule has 1 fully saturated rings. The van der Waals surface area contributed by atoms with Crippen LogP contribution in [0.3, 0.4) is 0 Å². The van der Waals surface area contributed by atoms with Crippen LogP contribution in [0.25, 0.3) is 0 Å². The van der Waals surface area contributed by atoms with E-state index >= 15 is 0 Å². The third-order valence-electron chi connectivity index (χ3n) is 2.49. The summed E-state index contributed by atoms with van der Waals surface area (Å²) in [6.07, 6.45) is 0. The van der Waals surface area contributed by atoms with E-state index in [2.05, 4.69) is 0 Å². The van der Waals surface area contributed by atoms with Gasteiger partial charge in [-0.15, -0.1) is 0 Å². The minimum atomic E-state index is -1.19. The molecule has 1 aliphatic rings. The number of benzene rings is 1. The van der Waals surface area contributed by atoms with Gasteiger partial charge in [-0.2, -0.15) is 0 Å². The van der Waals surface area contributed by atoms with E-state index in [1.54, 1.807) is 0 Å². The summed E-state index contributed by atoms with van der Waals surface area (Å²) in [5.41, 5.74) is 0.184. The number of phenolic OH excluding ortho intramolecular Hbond substituents is 1. The molecule has 1 aliphatic heterocycles. The summed E-state index contributed by atoms with van der Waals surface area (Å²) in [6, 6.07) is 3.90. The molecule has 6 nitrogen and oxygen atoms in total. The minimum absolute atomic E-state index is 0.0556. The number of ether oxygens (including phenoxy) is 1. The van der Waals surface area contributed by atoms with Gasteiger partial charge in [-0.3, -0.25) is 4.79 Å². The van der Waals surface area contributed by atoms with Gasteiger partial charge in [0.15, 0.2) is 0 Å². The van der Waals surface area contributed by atoms with Crippen LogP contribution < -0.4 is 4.90 Å². The number of morpholine rings is 1. The van der Waals surface area contributed by atoms with Crippen LogP contribution in [-0.4, -0.2) is 41.8 Å². The Balaban J connectivity index is 2.43. The van der Waals surface area contributed by atoms with Crippen molar-refractivity contribution in [2.45, 2.75) is 0 Å². The molecule has 90 valence electrons. The first-order chi connectivity index (χ1) is 8.09. The fourth-order valence-electron chi connectivity index (χ4n) is 1.70. The summed E-state index contributed by atoms with van der Waals surface area (Å²) >= 11 is 0. The Morgan fingerprint density at radius 1 is 1.41 bits per heavy atom. The van der Waals surface area contributed by atoms with E-state index < -0.39 is 5.97 Å². The molecule has 0 saturated carbocycles. The molecule has 2 N–H and O–H groups in total. The highest BCUT2D eigenvalue weighted by Crippen LogP contribution is 2.26. The van der Waals surface area contributed by atoms with Gasteiger partial charge in [-0.05, 0) is 18.2 Å². The predicted octanol–water partition coefficient (Wildman–Crippen LogP) is 0.454. The molecule has 0 atom stereocenters. The SMILES string of the molecule is O=C(O)c1cc(O)ccc1N1CCOCC1=O. The van der Waals surface area contributed by atoms with Crippen LogP contribution in [0, 0.1) is 0 Å². The van der Waals surface area contributed by atoms with Crippen LogP contribution in [0.1, 0.15) is 10.4 Å². The van der Waals surface area contributed by atoms with Gasteiger partial charge >= 0.3 is 5.97 Å². The van der Waals surface area contributed by atoms with Gasteiger partial charge in [0.25, 0.3) is 5.91 Å². The maximum absolute atomic E-state index is 11.6. The van der Waals surface area contributed by atoms with Crippen molar-refractivity contribution in [1.29, 1.82) is 0 Å². The second-order valence-electron chi connectivity index (χ2n) is 3.60. The number of hydrogen-bond donors (Lipinski definition) is 2. The van der Waals surface area contributed by atoms with Crippen molar-refractivity contribution in [3.63, 3.8) is 0 Å². The number of hydrogen-bond acceptors (Lipinski definition) is 4. The highest BCUT2D eigenvalue weighted by molar-refractivity contribution is 6.02. The lowest BCUT2D eigenvalue weighted by atomic mass is 10.1. The van der Waals surface area contributed by atoms with Gasteiger partial charge in [0.2, 0.25) is 0 Å². The zero-order valence-corrected chi connectivity index (χ0v) is 8.92. The summed E-state index contributed by atoms with van der Waals surface area (Å²) < 4.78 is 4.97. The molecular formula is C11H11NO5. The summed E-state index contributed by atoms with van der Waals surface area (Å²) in [6.45, 7) is 0.621. The third-order valence-corrected chi connectivity index (χ3v) is 2.49. The summed E-state index contributed by atoms with van der Waals surface area (Å²) in [4.78, 5) is 24.0. The normalized spacial score (nSPS) is 16.0. The van der Waals surface area contributed by atoms with Crippen molar-refractivity contribution >= 4 is 17.6 Å². The number of aromatic hydroxyl groups is 1. The average Bonchev–Trinajstić information content (AvgIpc) is 2.30. The van der Waals surface area contributed by atoms with Crippen molar-refractivity contribution in [3.8, 4) is 5.75 Å². The lowest BCUT2D eigenvalue weighted by Crippen LogP contribution is -2.42. The van der Waals surface area contributed by atoms with Crippen LogP contribution in [0.4, 0.5) is 5.69 Å². The summed E-state index contributed by atoms with van der Waals surface area (Å²) in [5, 5.41) is 18.3. The molecule has 1 amide bonds. The van der Waals surface area contributed by atoms with Crippen LogP contribution >= 0.6 is 0 Å². The van der Waals surface area contributed by atoms with Crippen LogP contribution in [0.2, 0.25) is 0 Å². The first-order valence-corrected chi connectivity index (χ1v) is 5.04. The fourth-order valence-corrected chi connectivity index (χ4v) is 1.70. The number of nitrogens with zero attached hydrogens (tertiary/aromatic N) is 1. The molecule has 2 rings (SSSR count). The van der Waals surface area contributed by atoms with Gasteiger partial charge < -0.3 is 19.8 Å². The Morgan fingerprint density at radius 3 is 2.82 bits per heavy atom. The lowest BCUT2D eigenvalue weighted by Gasteiger charge is -2.27. The van der Waals surface area contributed by atoms with Crippen molar-refractivity contribution in [3.05, 3.63) is 23.8 Å². The number of phenols is 1. The Bertz CT molecular complexity index is 471. The third kappa shape index (κ3) is 2.21. The number of carboxylic acid groups (broad SMARTS) is 1. The van der Waals surface area contributed by atoms with Crippen molar-refractivity contribution in [2.75, 3.05) is 24.7 Å². The molecule has 0 aromatic heterocycles. The van der Waals surface area contributed by atoms with Gasteiger partial charge in [-0.1, -0.05) is 0 Å². The van der Waals surface area contributed by atoms with Gasteiger partial charge in [0.1, 0.15) is 12.4 Å². The van der Waals surface area contributed by atoms with E-state index in [4.69, 9.17) is 9.84 Å². The Hall–Kier alpha value is -2.08. The van der Waals surface area contributed by atoms with Crippen LogP contribution in [0.5, 0.6) is 5.75 Å². The number of aromatic carboxylic acids is 1. The second kappa shape index (κ2) is 4.42. The van der Waals surface area contributed by atoms with Crippen LogP contribution in [-0.2, 0) is 9.53 Å². The molecule has 0 radical (unpaired) electrons. The van der Waals surface area contributed by atoms with Gasteiger partial charge in [0, 0.05) is 6.54 Å². The maximum atomic E-state index is 11.6. The van der Waals surface area contributed by atoms with E-state index in [0.717, 1.165) is 6.07 Å². The quantitative estimate of drug-likeness (QED) is 0.780. The zero-order valence-electron chi connectivity index (χ0n) is 8.92. The van der Waals surface area contributed by atoms with E-state index in [-0.39, 0.29) is 29.5 Å². The molecule has 17 heavy (non-hydrogen) atoms. The maximum Gasteiger partial charge on any atom is 0.337 e. The van der Waals surface area contributed by atoms with E-state index in [1.807, 2.05) is 0 Å². The topological polar surface area (TPSA) is 87.1 Å². The molecular weight excluding hydrogens is 226 g/mol. The fraction of sp³-hybridized carbons (Fsp3) is 0.273. The molecule has 0 spiro atoms. The molecule has 6 heteroatoms. The Kier molecular flexibility index (Phi) is 2.97. The number of carboxylic acids is 1. The molecule has 0 bridgehead atoms. The second-order valence-corrected chi connectivity index (χ2v) is 3.60. The smallest absolute Gasteiger partial charge is 0.337 e. The van der Waals surface area contributed by atoms with E-state index in [1.165, 1.54) is 17.0 Å². The number of anilines is 1. The molecule has 0 unspecified atom stereocenters. The standard InChI is InChI=1S/C11H11NO5/c13-7-1-2-9(8(5-7)11(15)16)12-3-4-17-6-10(12)14/h1-2,5,13H,3-4,6H2,(H,15,16). The molecule has 0 aliphatic carbocycles. The van der Waals surface area contributed by atoms with Gasteiger partial charge in [-0.25, -0.2) is 4.79 Å². The number of rotatable bonds is 2. The van der Waals surface area contributed by atoms with Crippen molar-refractivity contribution in [2.24, 2.45) is 0 Å². The van der Waals surface area contributed by atoms with Crippen molar-refractivity contribution < 1.29 is 24.5 Å². The predicted molar refractivity (Wildman–Crippen MR) is 58.2 cm³/mol. The zero-order chi connectivity index (χ0) is 12.4. The van der Waals surface area contributed by atoms with Gasteiger partial charge in [0.05, 0.1) is 17.9 Å². The highest BCUT2D eigenvalue weighted by Gasteiger charge is 2.24. The Morgan fingerprint density at radius 2 is 2.18 bits per heavy atom. The number of carbonyl (C=O) groups excluding carboxylic acids is 1. The van der Waals surface area contributed by atoms with E-state index in [0.29, 0.717) is 13.2 Å². The first kappa shape index (κ1) is 11.4. The molecule has 1 heterocycles. The summed E-state index contributed by atoms with van der Waals surface area (Å²) in [5.74, 6) is -1.62. The number of carbonyl (C=O) groups is 2. The lowest BCUT2D eigenvalue weighted by molar-refractivity contribution is -0.125. The Labute approximate surface area is 97.0 Å². The molecule has 1 aromatic rings. The minimum Gasteiger partial charge on any atom is -0.508 e. The molecule has 1 saturated heterocycles. The van der Waals surface area contributed by atoms with Crippen LogP contribution in [0.15, 0.2) is 18.2 Å². The largest absolute Gasteiger partial charge is 0.508 e. The monoisotopic (exact) mass is 237 g/mol. The highest BCUT2D eigenvalue weighted by atomic mass is 16.5. The first-order valence-electron chi connectivity index (χ1n) is 5.04. The summed E-state index contributed by atoms with van der Waals surface area (Å²) in [7, 11) is 0. The average molecular weight is 237 g/mol. The molecule has 1 aromatic carbocycles. The van der Waals surface area contributed by atoms with E-state index in [9.17, 15) is 14.7 Å². The van der Waals surface area contributed by atoms with Crippen molar-refractivity contribution in [1.82, 2.24) is 0 Å².